The molecule has 0 bridgehead atoms. The molecule has 1 saturated heterocycles. The molecule has 1 fully saturated rings. The van der Waals surface area contributed by atoms with Gasteiger partial charge in [0.1, 0.15) is 5.82 Å². The van der Waals surface area contributed by atoms with Gasteiger partial charge in [-0.2, -0.15) is 0 Å². The van der Waals surface area contributed by atoms with Crippen LogP contribution >= 0.6 is 0 Å². The zero-order chi connectivity index (χ0) is 16.9. The molecule has 0 radical (unpaired) electrons. The van der Waals surface area contributed by atoms with Crippen LogP contribution in [0.1, 0.15) is 24.0 Å². The second kappa shape index (κ2) is 7.67. The van der Waals surface area contributed by atoms with Crippen LogP contribution in [0.5, 0.6) is 0 Å². The molecule has 1 aromatic heterocycles. The van der Waals surface area contributed by atoms with Crippen molar-refractivity contribution < 1.29 is 0 Å². The van der Waals surface area contributed by atoms with Crippen molar-refractivity contribution in [1.29, 1.82) is 0 Å². The Hall–Kier alpha value is -2.07. The Morgan fingerprint density at radius 1 is 1.17 bits per heavy atom. The van der Waals surface area contributed by atoms with Crippen molar-refractivity contribution in [3.05, 3.63) is 53.7 Å². The summed E-state index contributed by atoms with van der Waals surface area (Å²) in [5.74, 6) is 1.10. The Bertz CT molecular complexity index is 646. The van der Waals surface area contributed by atoms with E-state index in [9.17, 15) is 0 Å². The Kier molecular flexibility index (Phi) is 5.36. The fourth-order valence-corrected chi connectivity index (χ4v) is 3.35. The van der Waals surface area contributed by atoms with Crippen molar-refractivity contribution in [3.8, 4) is 0 Å². The van der Waals surface area contributed by atoms with Crippen LogP contribution in [-0.2, 0) is 6.54 Å². The van der Waals surface area contributed by atoms with Gasteiger partial charge in [0.2, 0.25) is 0 Å². The third-order valence-electron chi connectivity index (χ3n) is 4.77. The summed E-state index contributed by atoms with van der Waals surface area (Å²) in [7, 11) is 4.23. The number of pyridine rings is 1. The summed E-state index contributed by atoms with van der Waals surface area (Å²) in [6.07, 6.45) is 4.21. The molecule has 1 aliphatic heterocycles. The zero-order valence-corrected chi connectivity index (χ0v) is 15.0. The van der Waals surface area contributed by atoms with E-state index in [1.54, 1.807) is 0 Å². The largest absolute Gasteiger partial charge is 0.377 e. The van der Waals surface area contributed by atoms with Crippen LogP contribution in [0.3, 0.4) is 0 Å². The number of rotatable bonds is 5. The molecule has 2 aromatic rings. The molecule has 0 aliphatic carbocycles. The van der Waals surface area contributed by atoms with Crippen molar-refractivity contribution in [2.45, 2.75) is 32.4 Å². The number of anilines is 2. The van der Waals surface area contributed by atoms with E-state index >= 15 is 0 Å². The van der Waals surface area contributed by atoms with E-state index in [0.717, 1.165) is 25.5 Å². The summed E-state index contributed by atoms with van der Waals surface area (Å²) < 4.78 is 0. The van der Waals surface area contributed by atoms with E-state index in [1.807, 2.05) is 12.3 Å². The van der Waals surface area contributed by atoms with Crippen LogP contribution in [-0.4, -0.2) is 38.2 Å². The second-order valence-electron chi connectivity index (χ2n) is 6.86. The standard InChI is InChI=1S/C20H28N4/c1-16-7-8-17(19(14-16)23(2)3)15-22-18-9-12-24(13-10-18)20-6-4-5-11-21-20/h4-8,11,14,18,22H,9-10,12-13,15H2,1-3H3. The maximum atomic E-state index is 4.46. The average Bonchev–Trinajstić information content (AvgIpc) is 2.62. The van der Waals surface area contributed by atoms with Gasteiger partial charge < -0.3 is 15.1 Å². The SMILES string of the molecule is Cc1ccc(CNC2CCN(c3ccccn3)CC2)c(N(C)C)c1. The Balaban J connectivity index is 1.54. The molecule has 0 saturated carbocycles. The van der Waals surface area contributed by atoms with E-state index in [1.165, 1.54) is 29.7 Å². The summed E-state index contributed by atoms with van der Waals surface area (Å²) in [6.45, 7) is 5.23. The molecular formula is C20H28N4. The van der Waals surface area contributed by atoms with E-state index in [2.05, 4.69) is 71.5 Å². The fraction of sp³-hybridized carbons (Fsp3) is 0.450. The van der Waals surface area contributed by atoms with Crippen LogP contribution in [0.15, 0.2) is 42.6 Å². The fourth-order valence-electron chi connectivity index (χ4n) is 3.35. The van der Waals surface area contributed by atoms with Gasteiger partial charge in [-0.3, -0.25) is 0 Å². The lowest BCUT2D eigenvalue weighted by Gasteiger charge is -2.33. The van der Waals surface area contributed by atoms with Crippen molar-refractivity contribution >= 4 is 11.5 Å². The van der Waals surface area contributed by atoms with E-state index in [-0.39, 0.29) is 0 Å². The summed E-state index contributed by atoms with van der Waals surface area (Å²) in [6, 6.07) is 13.4. The highest BCUT2D eigenvalue weighted by molar-refractivity contribution is 5.54. The monoisotopic (exact) mass is 324 g/mol. The molecular weight excluding hydrogens is 296 g/mol. The Morgan fingerprint density at radius 2 is 1.96 bits per heavy atom. The smallest absolute Gasteiger partial charge is 0.128 e. The van der Waals surface area contributed by atoms with Crippen LogP contribution in [0.4, 0.5) is 11.5 Å². The predicted octanol–water partition coefficient (Wildman–Crippen LogP) is 3.21. The Morgan fingerprint density at radius 3 is 2.62 bits per heavy atom. The molecule has 1 N–H and O–H groups in total. The molecule has 1 aliphatic rings. The Labute approximate surface area is 145 Å². The molecule has 24 heavy (non-hydrogen) atoms. The quantitative estimate of drug-likeness (QED) is 0.915. The number of hydrogen-bond donors (Lipinski definition) is 1. The summed E-state index contributed by atoms with van der Waals surface area (Å²) in [5.41, 5.74) is 4.00. The second-order valence-corrected chi connectivity index (χ2v) is 6.86. The highest BCUT2D eigenvalue weighted by atomic mass is 15.2. The summed E-state index contributed by atoms with van der Waals surface area (Å²) in [5, 5.41) is 3.75. The number of aryl methyl sites for hydroxylation is 1. The first kappa shape index (κ1) is 16.8. The normalized spacial score (nSPS) is 15.5. The van der Waals surface area contributed by atoms with Crippen molar-refractivity contribution in [3.63, 3.8) is 0 Å². The van der Waals surface area contributed by atoms with Crippen LogP contribution in [0.25, 0.3) is 0 Å². The minimum atomic E-state index is 0.585. The number of nitrogens with one attached hydrogen (secondary N) is 1. The first-order chi connectivity index (χ1) is 11.6. The lowest BCUT2D eigenvalue weighted by molar-refractivity contribution is 0.413. The van der Waals surface area contributed by atoms with Gasteiger partial charge in [0, 0.05) is 51.7 Å². The van der Waals surface area contributed by atoms with Crippen molar-refractivity contribution in [1.82, 2.24) is 10.3 Å². The van der Waals surface area contributed by atoms with Gasteiger partial charge in [0.15, 0.2) is 0 Å². The van der Waals surface area contributed by atoms with Gasteiger partial charge in [-0.05, 0) is 49.1 Å². The number of aromatic nitrogens is 1. The summed E-state index contributed by atoms with van der Waals surface area (Å²) in [4.78, 5) is 9.05. The van der Waals surface area contributed by atoms with Crippen LogP contribution < -0.4 is 15.1 Å². The molecule has 0 spiro atoms. The minimum absolute atomic E-state index is 0.585. The van der Waals surface area contributed by atoms with Gasteiger partial charge in [-0.1, -0.05) is 18.2 Å². The van der Waals surface area contributed by atoms with Crippen LogP contribution in [0.2, 0.25) is 0 Å². The minimum Gasteiger partial charge on any atom is -0.377 e. The number of hydrogen-bond acceptors (Lipinski definition) is 4. The molecule has 4 nitrogen and oxygen atoms in total. The molecule has 1 aromatic carbocycles. The number of nitrogens with zero attached hydrogens (tertiary/aromatic N) is 3. The first-order valence-corrected chi connectivity index (χ1v) is 8.79. The predicted molar refractivity (Wildman–Crippen MR) is 102 cm³/mol. The molecule has 0 amide bonds. The van der Waals surface area contributed by atoms with Gasteiger partial charge in [0.05, 0.1) is 0 Å². The number of benzene rings is 1. The third-order valence-corrected chi connectivity index (χ3v) is 4.77. The maximum Gasteiger partial charge on any atom is 0.128 e. The maximum absolute atomic E-state index is 4.46. The van der Waals surface area contributed by atoms with E-state index < -0.39 is 0 Å². The molecule has 2 heterocycles. The van der Waals surface area contributed by atoms with Gasteiger partial charge >= 0.3 is 0 Å². The number of piperidine rings is 1. The lowest BCUT2D eigenvalue weighted by Crippen LogP contribution is -2.42. The molecule has 0 unspecified atom stereocenters. The first-order valence-electron chi connectivity index (χ1n) is 8.79. The topological polar surface area (TPSA) is 31.4 Å². The zero-order valence-electron chi connectivity index (χ0n) is 15.0. The third kappa shape index (κ3) is 4.06. The molecule has 3 rings (SSSR count). The molecule has 0 atom stereocenters. The van der Waals surface area contributed by atoms with Crippen LogP contribution in [0, 0.1) is 6.92 Å². The summed E-state index contributed by atoms with van der Waals surface area (Å²) >= 11 is 0. The molecule has 128 valence electrons. The van der Waals surface area contributed by atoms with Gasteiger partial charge in [0.25, 0.3) is 0 Å². The van der Waals surface area contributed by atoms with Crippen molar-refractivity contribution in [2.24, 2.45) is 0 Å². The average molecular weight is 324 g/mol. The van der Waals surface area contributed by atoms with Crippen molar-refractivity contribution in [2.75, 3.05) is 37.0 Å². The lowest BCUT2D eigenvalue weighted by atomic mass is 10.0. The highest BCUT2D eigenvalue weighted by Crippen LogP contribution is 2.22. The van der Waals surface area contributed by atoms with Gasteiger partial charge in [-0.25, -0.2) is 4.98 Å². The van der Waals surface area contributed by atoms with E-state index in [0.29, 0.717) is 6.04 Å². The van der Waals surface area contributed by atoms with E-state index in [4.69, 9.17) is 0 Å². The molecule has 4 heteroatoms. The van der Waals surface area contributed by atoms with Gasteiger partial charge in [-0.15, -0.1) is 0 Å². The highest BCUT2D eigenvalue weighted by Gasteiger charge is 2.19.